The van der Waals surface area contributed by atoms with Crippen LogP contribution in [0.15, 0.2) is 42.9 Å². The normalized spacial score (nSPS) is 16.1. The van der Waals surface area contributed by atoms with Crippen LogP contribution in [-0.4, -0.2) is 39.4 Å². The number of likely N-dealkylation sites (tertiary alicyclic amines) is 1. The summed E-state index contributed by atoms with van der Waals surface area (Å²) < 4.78 is 1.87. The van der Waals surface area contributed by atoms with Crippen LogP contribution in [-0.2, 0) is 11.3 Å². The topological polar surface area (TPSA) is 67.2 Å². The highest BCUT2D eigenvalue weighted by Gasteiger charge is 2.26. The highest BCUT2D eigenvalue weighted by molar-refractivity contribution is 5.92. The Hall–Kier alpha value is -2.63. The van der Waals surface area contributed by atoms with E-state index in [2.05, 4.69) is 10.3 Å². The van der Waals surface area contributed by atoms with Crippen molar-refractivity contribution < 1.29 is 9.59 Å². The summed E-state index contributed by atoms with van der Waals surface area (Å²) in [6, 6.07) is 9.99. The van der Waals surface area contributed by atoms with Crippen LogP contribution in [0.5, 0.6) is 0 Å². The second-order valence-corrected chi connectivity index (χ2v) is 7.20. The van der Waals surface area contributed by atoms with E-state index in [9.17, 15) is 9.59 Å². The highest BCUT2D eigenvalue weighted by Crippen LogP contribution is 2.22. The number of benzene rings is 1. The first-order chi connectivity index (χ1) is 13.1. The van der Waals surface area contributed by atoms with Gasteiger partial charge in [-0.05, 0) is 38.2 Å². The van der Waals surface area contributed by atoms with Gasteiger partial charge in [-0.15, -0.1) is 0 Å². The maximum atomic E-state index is 12.7. The number of hydrogen-bond donors (Lipinski definition) is 1. The fourth-order valence-corrected chi connectivity index (χ4v) is 3.64. The van der Waals surface area contributed by atoms with Crippen LogP contribution >= 0.6 is 0 Å². The van der Waals surface area contributed by atoms with Crippen molar-refractivity contribution in [1.82, 2.24) is 19.8 Å². The van der Waals surface area contributed by atoms with Gasteiger partial charge in [0.2, 0.25) is 5.91 Å². The third-order valence-electron chi connectivity index (χ3n) is 5.32. The van der Waals surface area contributed by atoms with Crippen molar-refractivity contribution in [2.45, 2.75) is 45.7 Å². The number of aromatic nitrogens is 2. The molecule has 1 aromatic heterocycles. The van der Waals surface area contributed by atoms with E-state index in [0.717, 1.165) is 24.9 Å². The van der Waals surface area contributed by atoms with Crippen LogP contribution < -0.4 is 5.32 Å². The van der Waals surface area contributed by atoms with Gasteiger partial charge < -0.3 is 14.8 Å². The Balaban J connectivity index is 1.46. The van der Waals surface area contributed by atoms with Gasteiger partial charge in [0.05, 0.1) is 18.6 Å². The second-order valence-electron chi connectivity index (χ2n) is 7.20. The summed E-state index contributed by atoms with van der Waals surface area (Å²) in [5, 5.41) is 3.08. The van der Waals surface area contributed by atoms with Crippen molar-refractivity contribution in [2.24, 2.45) is 5.92 Å². The third kappa shape index (κ3) is 4.76. The third-order valence-corrected chi connectivity index (χ3v) is 5.32. The summed E-state index contributed by atoms with van der Waals surface area (Å²) in [5.74, 6) is 0.447. The Morgan fingerprint density at radius 1 is 1.22 bits per heavy atom. The predicted octanol–water partition coefficient (Wildman–Crippen LogP) is 3.02. The predicted molar refractivity (Wildman–Crippen MR) is 104 cm³/mol. The van der Waals surface area contributed by atoms with E-state index in [1.165, 1.54) is 0 Å². The van der Waals surface area contributed by atoms with E-state index in [4.69, 9.17) is 0 Å². The molecule has 0 spiro atoms. The zero-order valence-corrected chi connectivity index (χ0v) is 16.1. The van der Waals surface area contributed by atoms with E-state index >= 15 is 0 Å². The Bertz CT molecular complexity index is 763. The van der Waals surface area contributed by atoms with Gasteiger partial charge in [0.25, 0.3) is 5.91 Å². The standard InChI is InChI=1S/C21H28N4O2/c1-3-24-15-22-14-19(24)21(27)25-11-9-17(10-12-25)13-20(26)23-16(2)18-7-5-4-6-8-18/h4-8,14-17H,3,9-13H2,1-2H3,(H,23,26). The van der Waals surface area contributed by atoms with Crippen LogP contribution in [0.1, 0.15) is 55.2 Å². The van der Waals surface area contributed by atoms with E-state index < -0.39 is 0 Å². The van der Waals surface area contributed by atoms with Crippen molar-refractivity contribution in [2.75, 3.05) is 13.1 Å². The minimum absolute atomic E-state index is 0.00898. The van der Waals surface area contributed by atoms with Crippen molar-refractivity contribution in [3.8, 4) is 0 Å². The SMILES string of the molecule is CCn1cncc1C(=O)N1CCC(CC(=O)NC(C)c2ccccc2)CC1. The zero-order chi connectivity index (χ0) is 19.2. The molecule has 2 amide bonds. The smallest absolute Gasteiger partial charge is 0.272 e. The molecule has 0 radical (unpaired) electrons. The molecule has 1 atom stereocenters. The molecule has 6 heteroatoms. The fourth-order valence-electron chi connectivity index (χ4n) is 3.64. The summed E-state index contributed by atoms with van der Waals surface area (Å²) in [7, 11) is 0. The molecular formula is C21H28N4O2. The molecule has 1 aliphatic rings. The van der Waals surface area contributed by atoms with Crippen molar-refractivity contribution in [3.63, 3.8) is 0 Å². The molecule has 2 aromatic rings. The maximum absolute atomic E-state index is 12.7. The first kappa shape index (κ1) is 19.1. The lowest BCUT2D eigenvalue weighted by atomic mass is 9.93. The number of amides is 2. The number of nitrogens with zero attached hydrogens (tertiary/aromatic N) is 3. The first-order valence-electron chi connectivity index (χ1n) is 9.72. The largest absolute Gasteiger partial charge is 0.350 e. The maximum Gasteiger partial charge on any atom is 0.272 e. The summed E-state index contributed by atoms with van der Waals surface area (Å²) in [6.45, 7) is 6.13. The average Bonchev–Trinajstić information content (AvgIpc) is 3.17. The molecule has 27 heavy (non-hydrogen) atoms. The minimum Gasteiger partial charge on any atom is -0.350 e. The van der Waals surface area contributed by atoms with Gasteiger partial charge >= 0.3 is 0 Å². The molecule has 1 aromatic carbocycles. The quantitative estimate of drug-likeness (QED) is 0.852. The van der Waals surface area contributed by atoms with E-state index in [1.54, 1.807) is 12.5 Å². The van der Waals surface area contributed by atoms with Gasteiger partial charge in [-0.2, -0.15) is 0 Å². The molecule has 1 N–H and O–H groups in total. The van der Waals surface area contributed by atoms with E-state index in [1.807, 2.05) is 53.6 Å². The number of carbonyl (C=O) groups excluding carboxylic acids is 2. The number of aryl methyl sites for hydroxylation is 1. The monoisotopic (exact) mass is 368 g/mol. The lowest BCUT2D eigenvalue weighted by molar-refractivity contribution is -0.122. The Morgan fingerprint density at radius 2 is 1.93 bits per heavy atom. The summed E-state index contributed by atoms with van der Waals surface area (Å²) in [5.41, 5.74) is 1.75. The molecular weight excluding hydrogens is 340 g/mol. The van der Waals surface area contributed by atoms with Crippen LogP contribution in [0.2, 0.25) is 0 Å². The molecule has 1 unspecified atom stereocenters. The van der Waals surface area contributed by atoms with Crippen molar-refractivity contribution in [1.29, 1.82) is 0 Å². The van der Waals surface area contributed by atoms with Gasteiger partial charge in [0, 0.05) is 26.1 Å². The van der Waals surface area contributed by atoms with Crippen LogP contribution in [0.25, 0.3) is 0 Å². The van der Waals surface area contributed by atoms with Gasteiger partial charge in [0.1, 0.15) is 5.69 Å². The van der Waals surface area contributed by atoms with Crippen molar-refractivity contribution >= 4 is 11.8 Å². The summed E-state index contributed by atoms with van der Waals surface area (Å²) >= 11 is 0. The molecule has 6 nitrogen and oxygen atoms in total. The molecule has 1 fully saturated rings. The number of rotatable bonds is 6. The lowest BCUT2D eigenvalue weighted by Crippen LogP contribution is -2.40. The molecule has 2 heterocycles. The lowest BCUT2D eigenvalue weighted by Gasteiger charge is -2.32. The molecule has 0 bridgehead atoms. The second kappa shape index (κ2) is 8.84. The number of imidazole rings is 1. The van der Waals surface area contributed by atoms with Crippen molar-refractivity contribution in [3.05, 3.63) is 54.1 Å². The van der Waals surface area contributed by atoms with Gasteiger partial charge in [-0.1, -0.05) is 30.3 Å². The molecule has 144 valence electrons. The summed E-state index contributed by atoms with van der Waals surface area (Å²) in [6.07, 6.45) is 5.57. The molecule has 1 saturated heterocycles. The molecule has 0 aliphatic carbocycles. The average molecular weight is 368 g/mol. The summed E-state index contributed by atoms with van der Waals surface area (Å²) in [4.78, 5) is 31.0. The first-order valence-corrected chi connectivity index (χ1v) is 9.72. The molecule has 1 aliphatic heterocycles. The van der Waals surface area contributed by atoms with Crippen LogP contribution in [0, 0.1) is 5.92 Å². The fraction of sp³-hybridized carbons (Fsp3) is 0.476. The van der Waals surface area contributed by atoms with Gasteiger partial charge in [-0.3, -0.25) is 9.59 Å². The zero-order valence-electron chi connectivity index (χ0n) is 16.1. The Kier molecular flexibility index (Phi) is 6.27. The van der Waals surface area contributed by atoms with Crippen LogP contribution in [0.4, 0.5) is 0 Å². The number of hydrogen-bond acceptors (Lipinski definition) is 3. The number of carbonyl (C=O) groups is 2. The number of nitrogens with one attached hydrogen (secondary N) is 1. The van der Waals surface area contributed by atoms with E-state index in [-0.39, 0.29) is 17.9 Å². The highest BCUT2D eigenvalue weighted by atomic mass is 16.2. The number of piperidine rings is 1. The van der Waals surface area contributed by atoms with Crippen LogP contribution in [0.3, 0.4) is 0 Å². The molecule has 0 saturated carbocycles. The van der Waals surface area contributed by atoms with E-state index in [0.29, 0.717) is 31.1 Å². The van der Waals surface area contributed by atoms with Gasteiger partial charge in [-0.25, -0.2) is 4.98 Å². The Labute approximate surface area is 160 Å². The molecule has 3 rings (SSSR count). The van der Waals surface area contributed by atoms with Gasteiger partial charge in [0.15, 0.2) is 0 Å². The minimum atomic E-state index is 0.00898. The Morgan fingerprint density at radius 3 is 2.59 bits per heavy atom.